The summed E-state index contributed by atoms with van der Waals surface area (Å²) in [6.45, 7) is 1.64. The zero-order valence-electron chi connectivity index (χ0n) is 10.7. The molecule has 1 aromatic rings. The van der Waals surface area contributed by atoms with Gasteiger partial charge in [0.2, 0.25) is 5.91 Å². The minimum absolute atomic E-state index is 0.0601. The minimum Gasteiger partial charge on any atom is -0.370 e. The van der Waals surface area contributed by atoms with Crippen LogP contribution in [0.2, 0.25) is 5.02 Å². The molecule has 5 nitrogen and oxygen atoms in total. The van der Waals surface area contributed by atoms with E-state index in [0.717, 1.165) is 0 Å². The number of hydrogen-bond donors (Lipinski definition) is 1. The highest BCUT2D eigenvalue weighted by molar-refractivity contribution is 6.33. The Morgan fingerprint density at radius 3 is 3.00 bits per heavy atom. The summed E-state index contributed by atoms with van der Waals surface area (Å²) in [5, 5.41) is 2.61. The first-order valence-electron chi connectivity index (χ1n) is 6.17. The predicted molar refractivity (Wildman–Crippen MR) is 71.1 cm³/mol. The number of nitrogens with zero attached hydrogens (tertiary/aromatic N) is 1. The summed E-state index contributed by atoms with van der Waals surface area (Å²) in [6, 6.07) is 4.05. The molecule has 0 unspecified atom stereocenters. The topological polar surface area (TPSA) is 58.6 Å². The fourth-order valence-electron chi connectivity index (χ4n) is 1.89. The molecule has 0 bridgehead atoms. The van der Waals surface area contributed by atoms with E-state index in [9.17, 15) is 14.0 Å². The Bertz CT molecular complexity index is 504. The molecule has 1 heterocycles. The zero-order chi connectivity index (χ0) is 14.5. The van der Waals surface area contributed by atoms with Crippen LogP contribution >= 0.6 is 11.6 Å². The first kappa shape index (κ1) is 14.7. The van der Waals surface area contributed by atoms with Crippen molar-refractivity contribution in [1.29, 1.82) is 0 Å². The Kier molecular flexibility index (Phi) is 4.92. The van der Waals surface area contributed by atoms with Crippen molar-refractivity contribution in [2.75, 3.05) is 32.8 Å². The number of rotatable bonds is 4. The molecule has 2 rings (SSSR count). The molecule has 1 saturated heterocycles. The van der Waals surface area contributed by atoms with Gasteiger partial charge in [-0.25, -0.2) is 4.39 Å². The van der Waals surface area contributed by atoms with Gasteiger partial charge in [0, 0.05) is 19.6 Å². The molecule has 0 atom stereocenters. The maximum Gasteiger partial charge on any atom is 0.255 e. The zero-order valence-corrected chi connectivity index (χ0v) is 11.5. The van der Waals surface area contributed by atoms with Crippen LogP contribution in [0.25, 0.3) is 0 Å². The normalized spacial score (nSPS) is 15.3. The number of halogens is 2. The molecule has 108 valence electrons. The molecule has 0 aliphatic carbocycles. The second-order valence-corrected chi connectivity index (χ2v) is 4.69. The number of amides is 2. The molecule has 1 aliphatic heterocycles. The van der Waals surface area contributed by atoms with Crippen LogP contribution in [0.4, 0.5) is 4.39 Å². The van der Waals surface area contributed by atoms with Gasteiger partial charge in [-0.15, -0.1) is 0 Å². The van der Waals surface area contributed by atoms with Crippen LogP contribution in [0, 0.1) is 5.82 Å². The maximum atomic E-state index is 13.5. The summed E-state index contributed by atoms with van der Waals surface area (Å²) >= 11 is 5.79. The number of ether oxygens (including phenoxy) is 1. The van der Waals surface area contributed by atoms with Crippen LogP contribution in [0.1, 0.15) is 10.4 Å². The minimum atomic E-state index is -0.669. The lowest BCUT2D eigenvalue weighted by Gasteiger charge is -2.26. The van der Waals surface area contributed by atoms with E-state index in [4.69, 9.17) is 16.3 Å². The van der Waals surface area contributed by atoms with Gasteiger partial charge < -0.3 is 15.0 Å². The van der Waals surface area contributed by atoms with Gasteiger partial charge in [0.1, 0.15) is 12.4 Å². The summed E-state index contributed by atoms with van der Waals surface area (Å²) in [5.41, 5.74) is -0.178. The van der Waals surface area contributed by atoms with Gasteiger partial charge in [0.25, 0.3) is 5.91 Å². The van der Waals surface area contributed by atoms with Crippen LogP contribution in [-0.4, -0.2) is 49.6 Å². The molecule has 0 radical (unpaired) electrons. The van der Waals surface area contributed by atoms with Gasteiger partial charge in [-0.2, -0.15) is 0 Å². The van der Waals surface area contributed by atoms with E-state index >= 15 is 0 Å². The molecular weight excluding hydrogens is 287 g/mol. The average molecular weight is 301 g/mol. The summed E-state index contributed by atoms with van der Waals surface area (Å²) in [4.78, 5) is 24.9. The highest BCUT2D eigenvalue weighted by atomic mass is 35.5. The van der Waals surface area contributed by atoms with Crippen LogP contribution in [0.15, 0.2) is 18.2 Å². The highest BCUT2D eigenvalue weighted by Gasteiger charge is 2.19. The van der Waals surface area contributed by atoms with E-state index in [1.807, 2.05) is 0 Å². The molecule has 0 spiro atoms. The van der Waals surface area contributed by atoms with Crippen molar-refractivity contribution in [2.45, 2.75) is 0 Å². The lowest BCUT2D eigenvalue weighted by atomic mass is 10.2. The maximum absolute atomic E-state index is 13.5. The fourth-order valence-corrected chi connectivity index (χ4v) is 2.14. The third-order valence-electron chi connectivity index (χ3n) is 2.94. The van der Waals surface area contributed by atoms with Crippen molar-refractivity contribution in [2.24, 2.45) is 0 Å². The fraction of sp³-hybridized carbons (Fsp3) is 0.385. The third kappa shape index (κ3) is 3.46. The molecule has 1 fully saturated rings. The van der Waals surface area contributed by atoms with E-state index in [2.05, 4.69) is 5.32 Å². The third-order valence-corrected chi connectivity index (χ3v) is 3.26. The SMILES string of the molecule is O=C(NCCN1CCOCC1=O)c1c(F)cccc1Cl. The Balaban J connectivity index is 1.88. The summed E-state index contributed by atoms with van der Waals surface area (Å²) in [5.74, 6) is -1.37. The van der Waals surface area contributed by atoms with Gasteiger partial charge in [-0.05, 0) is 12.1 Å². The van der Waals surface area contributed by atoms with Crippen LogP contribution in [-0.2, 0) is 9.53 Å². The molecule has 1 aromatic carbocycles. The van der Waals surface area contributed by atoms with Gasteiger partial charge >= 0.3 is 0 Å². The molecule has 1 aliphatic rings. The van der Waals surface area contributed by atoms with E-state index in [0.29, 0.717) is 19.7 Å². The Labute approximate surface area is 120 Å². The molecule has 20 heavy (non-hydrogen) atoms. The van der Waals surface area contributed by atoms with Crippen molar-refractivity contribution in [3.8, 4) is 0 Å². The monoisotopic (exact) mass is 300 g/mol. The number of benzene rings is 1. The van der Waals surface area contributed by atoms with Gasteiger partial charge in [0.05, 0.1) is 17.2 Å². The largest absolute Gasteiger partial charge is 0.370 e. The molecular formula is C13H14ClFN2O3. The molecule has 1 N–H and O–H groups in total. The second kappa shape index (κ2) is 6.67. The average Bonchev–Trinajstić information content (AvgIpc) is 2.41. The molecule has 2 amide bonds. The lowest BCUT2D eigenvalue weighted by Crippen LogP contribution is -2.45. The van der Waals surface area contributed by atoms with Crippen molar-refractivity contribution in [1.82, 2.24) is 10.2 Å². The summed E-state index contributed by atoms with van der Waals surface area (Å²) in [6.07, 6.45) is 0. The molecule has 0 aromatic heterocycles. The number of hydrogen-bond acceptors (Lipinski definition) is 3. The first-order chi connectivity index (χ1) is 9.59. The van der Waals surface area contributed by atoms with E-state index in [1.54, 1.807) is 4.90 Å². The summed E-state index contributed by atoms with van der Waals surface area (Å²) < 4.78 is 18.5. The predicted octanol–water partition coefficient (Wildman–Crippen LogP) is 1.07. The van der Waals surface area contributed by atoms with Gasteiger partial charge in [-0.3, -0.25) is 9.59 Å². The van der Waals surface area contributed by atoms with E-state index in [1.165, 1.54) is 18.2 Å². The molecule has 0 saturated carbocycles. The van der Waals surface area contributed by atoms with Crippen molar-refractivity contribution in [3.05, 3.63) is 34.6 Å². The van der Waals surface area contributed by atoms with Crippen molar-refractivity contribution >= 4 is 23.4 Å². The summed E-state index contributed by atoms with van der Waals surface area (Å²) in [7, 11) is 0. The van der Waals surface area contributed by atoms with Crippen LogP contribution < -0.4 is 5.32 Å². The smallest absolute Gasteiger partial charge is 0.255 e. The standard InChI is InChI=1S/C13H14ClFN2O3/c14-9-2-1-3-10(15)12(9)13(19)16-4-5-17-6-7-20-8-11(17)18/h1-3H,4-8H2,(H,16,19). The van der Waals surface area contributed by atoms with Gasteiger partial charge in [0.15, 0.2) is 0 Å². The van der Waals surface area contributed by atoms with Gasteiger partial charge in [-0.1, -0.05) is 17.7 Å². The first-order valence-corrected chi connectivity index (χ1v) is 6.55. The number of morpholine rings is 1. The Morgan fingerprint density at radius 1 is 1.50 bits per heavy atom. The van der Waals surface area contributed by atoms with Crippen LogP contribution in [0.3, 0.4) is 0 Å². The van der Waals surface area contributed by atoms with E-state index in [-0.39, 0.29) is 29.6 Å². The quantitative estimate of drug-likeness (QED) is 0.905. The Hall–Kier alpha value is -1.66. The van der Waals surface area contributed by atoms with Crippen molar-refractivity contribution in [3.63, 3.8) is 0 Å². The number of carbonyl (C=O) groups is 2. The number of carbonyl (C=O) groups excluding carboxylic acids is 2. The Morgan fingerprint density at radius 2 is 2.30 bits per heavy atom. The van der Waals surface area contributed by atoms with E-state index < -0.39 is 11.7 Å². The number of nitrogens with one attached hydrogen (secondary N) is 1. The second-order valence-electron chi connectivity index (χ2n) is 4.29. The van der Waals surface area contributed by atoms with Crippen molar-refractivity contribution < 1.29 is 18.7 Å². The molecule has 7 heteroatoms. The lowest BCUT2D eigenvalue weighted by molar-refractivity contribution is -0.142. The highest BCUT2D eigenvalue weighted by Crippen LogP contribution is 2.18. The van der Waals surface area contributed by atoms with Crippen LogP contribution in [0.5, 0.6) is 0 Å².